The van der Waals surface area contributed by atoms with Crippen LogP contribution in [0.5, 0.6) is 0 Å². The van der Waals surface area contributed by atoms with Crippen LogP contribution in [0.1, 0.15) is 26.2 Å². The maximum atomic E-state index is 6.22. The monoisotopic (exact) mass is 194 g/mol. The maximum absolute atomic E-state index is 6.22. The van der Waals surface area contributed by atoms with Gasteiger partial charge in [0.25, 0.3) is 0 Å². The van der Waals surface area contributed by atoms with E-state index >= 15 is 0 Å². The average molecular weight is 195 g/mol. The summed E-state index contributed by atoms with van der Waals surface area (Å²) >= 11 is 6.22. The van der Waals surface area contributed by atoms with Crippen molar-refractivity contribution in [3.8, 4) is 0 Å². The standard InChI is InChI=1S/C12H15Cl/c1-3-6-10-8-5-9-11(7-4-2)12(10)13/h3-4,6-7H,1,5,8-9H2,2H3/b7-4+,10-6+. The van der Waals surface area contributed by atoms with Gasteiger partial charge in [-0.25, -0.2) is 0 Å². The Morgan fingerprint density at radius 3 is 2.77 bits per heavy atom. The van der Waals surface area contributed by atoms with Crippen LogP contribution in [0.4, 0.5) is 0 Å². The molecular weight excluding hydrogens is 180 g/mol. The van der Waals surface area contributed by atoms with E-state index in [1.165, 1.54) is 17.6 Å². The smallest absolute Gasteiger partial charge is 0.0469 e. The van der Waals surface area contributed by atoms with Crippen LogP contribution < -0.4 is 0 Å². The highest BCUT2D eigenvalue weighted by Crippen LogP contribution is 2.32. The van der Waals surface area contributed by atoms with Gasteiger partial charge < -0.3 is 0 Å². The lowest BCUT2D eigenvalue weighted by Gasteiger charge is -2.16. The normalized spacial score (nSPS) is 21.5. The third-order valence-electron chi connectivity index (χ3n) is 2.14. The Morgan fingerprint density at radius 1 is 1.38 bits per heavy atom. The molecule has 0 spiro atoms. The first kappa shape index (κ1) is 10.3. The number of rotatable bonds is 2. The lowest BCUT2D eigenvalue weighted by molar-refractivity contribution is 0.792. The minimum atomic E-state index is 0.921. The molecule has 0 saturated carbocycles. The molecule has 70 valence electrons. The molecule has 0 aromatic carbocycles. The zero-order valence-corrected chi connectivity index (χ0v) is 8.77. The Bertz CT molecular complexity index is 279. The van der Waals surface area contributed by atoms with E-state index in [-0.39, 0.29) is 0 Å². The van der Waals surface area contributed by atoms with Crippen molar-refractivity contribution >= 4 is 11.6 Å². The number of allylic oxidation sites excluding steroid dienone is 7. The van der Waals surface area contributed by atoms with Crippen molar-refractivity contribution in [1.82, 2.24) is 0 Å². The Balaban J connectivity index is 2.98. The first-order valence-corrected chi connectivity index (χ1v) is 5.00. The quantitative estimate of drug-likeness (QED) is 0.613. The third-order valence-corrected chi connectivity index (χ3v) is 2.63. The third kappa shape index (κ3) is 2.60. The van der Waals surface area contributed by atoms with Crippen molar-refractivity contribution in [2.45, 2.75) is 26.2 Å². The van der Waals surface area contributed by atoms with Crippen molar-refractivity contribution in [3.63, 3.8) is 0 Å². The molecule has 0 saturated heterocycles. The lowest BCUT2D eigenvalue weighted by Crippen LogP contribution is -1.97. The summed E-state index contributed by atoms with van der Waals surface area (Å²) in [6.07, 6.45) is 11.3. The van der Waals surface area contributed by atoms with Crippen molar-refractivity contribution in [2.75, 3.05) is 0 Å². The van der Waals surface area contributed by atoms with Crippen LogP contribution >= 0.6 is 11.6 Å². The van der Waals surface area contributed by atoms with Gasteiger partial charge in [-0.05, 0) is 37.3 Å². The molecule has 0 unspecified atom stereocenters. The van der Waals surface area contributed by atoms with E-state index in [9.17, 15) is 0 Å². The molecule has 1 aliphatic rings. The molecular formula is C12H15Cl. The van der Waals surface area contributed by atoms with Gasteiger partial charge in [-0.2, -0.15) is 0 Å². The number of halogens is 1. The van der Waals surface area contributed by atoms with Crippen molar-refractivity contribution < 1.29 is 0 Å². The van der Waals surface area contributed by atoms with Crippen LogP contribution in [0.3, 0.4) is 0 Å². The SMILES string of the molecule is C=C/C=C1\CCCC(/C=C/C)=C1Cl. The summed E-state index contributed by atoms with van der Waals surface area (Å²) in [6, 6.07) is 0. The fraction of sp³-hybridized carbons (Fsp3) is 0.333. The summed E-state index contributed by atoms with van der Waals surface area (Å²) in [5.74, 6) is 0. The predicted molar refractivity (Wildman–Crippen MR) is 59.8 cm³/mol. The van der Waals surface area contributed by atoms with Gasteiger partial charge in [0.05, 0.1) is 0 Å². The summed E-state index contributed by atoms with van der Waals surface area (Å²) in [4.78, 5) is 0. The van der Waals surface area contributed by atoms with Gasteiger partial charge >= 0.3 is 0 Å². The highest BCUT2D eigenvalue weighted by molar-refractivity contribution is 6.32. The molecule has 0 aliphatic heterocycles. The minimum Gasteiger partial charge on any atom is -0.0991 e. The van der Waals surface area contributed by atoms with Gasteiger partial charge in [0, 0.05) is 5.03 Å². The van der Waals surface area contributed by atoms with Crippen LogP contribution in [0, 0.1) is 0 Å². The second-order valence-corrected chi connectivity index (χ2v) is 3.50. The zero-order valence-electron chi connectivity index (χ0n) is 8.02. The Hall–Kier alpha value is -0.750. The molecule has 1 aliphatic carbocycles. The summed E-state index contributed by atoms with van der Waals surface area (Å²) in [6.45, 7) is 5.70. The second kappa shape index (κ2) is 5.08. The number of hydrogen-bond donors (Lipinski definition) is 0. The highest BCUT2D eigenvalue weighted by atomic mass is 35.5. The average Bonchev–Trinajstić information content (AvgIpc) is 2.13. The predicted octanol–water partition coefficient (Wildman–Crippen LogP) is 4.35. The molecule has 0 radical (unpaired) electrons. The molecule has 0 fully saturated rings. The van der Waals surface area contributed by atoms with E-state index in [1.54, 1.807) is 6.08 Å². The molecule has 0 atom stereocenters. The number of hydrogen-bond acceptors (Lipinski definition) is 0. The van der Waals surface area contributed by atoms with Crippen LogP contribution in [-0.4, -0.2) is 0 Å². The largest absolute Gasteiger partial charge is 0.0991 e. The topological polar surface area (TPSA) is 0 Å². The molecule has 1 rings (SSSR count). The van der Waals surface area contributed by atoms with Crippen LogP contribution in [0.2, 0.25) is 0 Å². The van der Waals surface area contributed by atoms with Gasteiger partial charge in [-0.1, -0.05) is 42.5 Å². The fourth-order valence-corrected chi connectivity index (χ4v) is 1.87. The zero-order chi connectivity index (χ0) is 9.68. The van der Waals surface area contributed by atoms with Gasteiger partial charge in [-0.3, -0.25) is 0 Å². The Morgan fingerprint density at radius 2 is 2.15 bits per heavy atom. The van der Waals surface area contributed by atoms with Crippen molar-refractivity contribution in [2.24, 2.45) is 0 Å². The van der Waals surface area contributed by atoms with Gasteiger partial charge in [-0.15, -0.1) is 0 Å². The van der Waals surface area contributed by atoms with E-state index in [4.69, 9.17) is 11.6 Å². The molecule has 1 heteroatoms. The summed E-state index contributed by atoms with van der Waals surface area (Å²) in [5, 5.41) is 0.921. The van der Waals surface area contributed by atoms with Crippen LogP contribution in [0.25, 0.3) is 0 Å². The Labute approximate surface area is 85.3 Å². The molecule has 0 aromatic rings. The van der Waals surface area contributed by atoms with E-state index in [2.05, 4.69) is 12.7 Å². The highest BCUT2D eigenvalue weighted by Gasteiger charge is 2.12. The maximum Gasteiger partial charge on any atom is 0.0469 e. The molecule has 13 heavy (non-hydrogen) atoms. The van der Waals surface area contributed by atoms with E-state index in [0.29, 0.717) is 0 Å². The molecule has 0 nitrogen and oxygen atoms in total. The lowest BCUT2D eigenvalue weighted by atomic mass is 9.94. The van der Waals surface area contributed by atoms with Crippen LogP contribution in [0.15, 0.2) is 47.1 Å². The summed E-state index contributed by atoms with van der Waals surface area (Å²) in [7, 11) is 0. The van der Waals surface area contributed by atoms with E-state index in [0.717, 1.165) is 17.9 Å². The first-order chi connectivity index (χ1) is 6.29. The summed E-state index contributed by atoms with van der Waals surface area (Å²) < 4.78 is 0. The second-order valence-electron chi connectivity index (χ2n) is 3.12. The molecule has 0 heterocycles. The molecule has 0 aromatic heterocycles. The van der Waals surface area contributed by atoms with E-state index < -0.39 is 0 Å². The molecule has 0 bridgehead atoms. The molecule has 0 amide bonds. The van der Waals surface area contributed by atoms with Gasteiger partial charge in [0.15, 0.2) is 0 Å². The van der Waals surface area contributed by atoms with Crippen molar-refractivity contribution in [1.29, 1.82) is 0 Å². The van der Waals surface area contributed by atoms with Crippen LogP contribution in [-0.2, 0) is 0 Å². The van der Waals surface area contributed by atoms with Gasteiger partial charge in [0.2, 0.25) is 0 Å². The summed E-state index contributed by atoms with van der Waals surface area (Å²) in [5.41, 5.74) is 2.47. The fourth-order valence-electron chi connectivity index (χ4n) is 1.55. The van der Waals surface area contributed by atoms with Crippen molar-refractivity contribution in [3.05, 3.63) is 47.1 Å². The van der Waals surface area contributed by atoms with Gasteiger partial charge in [0.1, 0.15) is 0 Å². The minimum absolute atomic E-state index is 0.921. The van der Waals surface area contributed by atoms with E-state index in [1.807, 2.05) is 19.1 Å². The first-order valence-electron chi connectivity index (χ1n) is 4.63. The molecule has 0 N–H and O–H groups in total. The Kier molecular flexibility index (Phi) is 4.04.